The first kappa shape index (κ1) is 32.5. The van der Waals surface area contributed by atoms with Crippen molar-refractivity contribution in [3.8, 4) is 11.1 Å². The van der Waals surface area contributed by atoms with E-state index in [1.165, 1.54) is 32.9 Å². The maximum Gasteiger partial charge on any atom is 0.143 e. The lowest BCUT2D eigenvalue weighted by Crippen LogP contribution is -2.54. The molecule has 6 nitrogen and oxygen atoms in total. The standard InChI is InChI=1S/C51H38N4O2/c1-3-13-31(14-4-1)49-52-50(54-51(53-49)39-21-12-24-46-47(39)38-18-8-10-23-45(38)56-46)33-26-28-43-41(30-33)40-29-32(25-27-42(40)55(43)34-15-5-2-6-16-34)35-19-11-20-37-36-17-7-9-22-44(36)57-48(35)37/h1-15,17-30,34,49-54H,16H2. The zero-order valence-corrected chi connectivity index (χ0v) is 31.0. The molecule has 0 radical (unpaired) electrons. The first-order valence-electron chi connectivity index (χ1n) is 19.8. The van der Waals surface area contributed by atoms with Gasteiger partial charge in [0, 0.05) is 48.9 Å². The van der Waals surface area contributed by atoms with Gasteiger partial charge >= 0.3 is 0 Å². The Labute approximate surface area is 328 Å². The highest BCUT2D eigenvalue weighted by molar-refractivity contribution is 6.13. The number of aromatic nitrogens is 1. The molecule has 0 bridgehead atoms. The van der Waals surface area contributed by atoms with Crippen LogP contribution in [0.5, 0.6) is 0 Å². The smallest absolute Gasteiger partial charge is 0.143 e. The fourth-order valence-electron chi connectivity index (χ4n) is 9.41. The Kier molecular flexibility index (Phi) is 7.38. The Morgan fingerprint density at radius 3 is 2.02 bits per heavy atom. The van der Waals surface area contributed by atoms with E-state index in [0.29, 0.717) is 0 Å². The second-order valence-corrected chi connectivity index (χ2v) is 15.3. The number of nitrogens with zero attached hydrogens (tertiary/aromatic N) is 1. The predicted molar refractivity (Wildman–Crippen MR) is 232 cm³/mol. The van der Waals surface area contributed by atoms with Gasteiger partial charge in [0.1, 0.15) is 22.3 Å². The van der Waals surface area contributed by atoms with Gasteiger partial charge in [-0.1, -0.05) is 133 Å². The lowest BCUT2D eigenvalue weighted by molar-refractivity contribution is 0.204. The molecule has 4 atom stereocenters. The molecule has 6 heteroatoms. The summed E-state index contributed by atoms with van der Waals surface area (Å²) in [4.78, 5) is 0. The molecule has 1 aliphatic heterocycles. The van der Waals surface area contributed by atoms with E-state index in [1.807, 2.05) is 18.2 Å². The van der Waals surface area contributed by atoms with E-state index in [9.17, 15) is 0 Å². The number of fused-ring (bicyclic) bond motifs is 9. The van der Waals surface area contributed by atoms with E-state index in [2.05, 4.69) is 178 Å². The molecule has 1 fully saturated rings. The minimum Gasteiger partial charge on any atom is -0.456 e. The summed E-state index contributed by atoms with van der Waals surface area (Å²) in [5, 5.41) is 18.8. The Morgan fingerprint density at radius 1 is 0.491 bits per heavy atom. The van der Waals surface area contributed by atoms with Gasteiger partial charge in [-0.3, -0.25) is 16.0 Å². The number of benzene rings is 7. The summed E-state index contributed by atoms with van der Waals surface area (Å²) in [6.45, 7) is 0. The molecule has 7 aromatic carbocycles. The van der Waals surface area contributed by atoms with E-state index in [4.69, 9.17) is 8.83 Å². The zero-order valence-electron chi connectivity index (χ0n) is 31.0. The molecule has 4 unspecified atom stereocenters. The third kappa shape index (κ3) is 5.22. The fraction of sp³-hybridized carbons (Fsp3) is 0.0980. The monoisotopic (exact) mass is 738 g/mol. The van der Waals surface area contributed by atoms with Crippen molar-refractivity contribution < 1.29 is 8.83 Å². The minimum atomic E-state index is -0.168. The number of nitrogens with one attached hydrogen (secondary N) is 3. The average molecular weight is 739 g/mol. The Morgan fingerprint density at radius 2 is 1.18 bits per heavy atom. The van der Waals surface area contributed by atoms with E-state index in [1.54, 1.807) is 0 Å². The summed E-state index contributed by atoms with van der Waals surface area (Å²) in [7, 11) is 0. The van der Waals surface area contributed by atoms with E-state index >= 15 is 0 Å². The third-order valence-corrected chi connectivity index (χ3v) is 12.0. The van der Waals surface area contributed by atoms with Crippen LogP contribution in [0.1, 0.15) is 47.7 Å². The van der Waals surface area contributed by atoms with Crippen molar-refractivity contribution in [3.05, 3.63) is 193 Å². The van der Waals surface area contributed by atoms with Gasteiger partial charge in [-0.25, -0.2) is 0 Å². The first-order valence-corrected chi connectivity index (χ1v) is 19.8. The number of furan rings is 2. The molecule has 2 aliphatic rings. The molecule has 1 aliphatic carbocycles. The summed E-state index contributed by atoms with van der Waals surface area (Å²) >= 11 is 0. The second-order valence-electron chi connectivity index (χ2n) is 15.3. The largest absolute Gasteiger partial charge is 0.456 e. The maximum absolute atomic E-state index is 6.52. The van der Waals surface area contributed by atoms with Crippen molar-refractivity contribution >= 4 is 65.7 Å². The molecule has 3 N–H and O–H groups in total. The second kappa shape index (κ2) is 12.9. The number of hydrogen-bond acceptors (Lipinski definition) is 5. The van der Waals surface area contributed by atoms with E-state index in [-0.39, 0.29) is 24.5 Å². The summed E-state index contributed by atoms with van der Waals surface area (Å²) in [6, 6.07) is 54.3. The van der Waals surface area contributed by atoms with Gasteiger partial charge < -0.3 is 13.4 Å². The Hall–Kier alpha value is -6.70. The average Bonchev–Trinajstić information content (AvgIpc) is 3.96. The highest BCUT2D eigenvalue weighted by atomic mass is 16.3. The molecule has 0 spiro atoms. The highest BCUT2D eigenvalue weighted by Gasteiger charge is 2.32. The van der Waals surface area contributed by atoms with E-state index < -0.39 is 0 Å². The topological polar surface area (TPSA) is 67.3 Å². The van der Waals surface area contributed by atoms with Crippen LogP contribution in [0.15, 0.2) is 185 Å². The minimum absolute atomic E-state index is 0.108. The van der Waals surface area contributed by atoms with Crippen molar-refractivity contribution in [3.63, 3.8) is 0 Å². The summed E-state index contributed by atoms with van der Waals surface area (Å²) in [5.41, 5.74) is 11.8. The van der Waals surface area contributed by atoms with Gasteiger partial charge in [0.15, 0.2) is 0 Å². The van der Waals surface area contributed by atoms with E-state index in [0.717, 1.165) is 67.0 Å². The van der Waals surface area contributed by atoms with Crippen molar-refractivity contribution in [2.75, 3.05) is 0 Å². The van der Waals surface area contributed by atoms with Crippen LogP contribution in [-0.4, -0.2) is 4.57 Å². The first-order chi connectivity index (χ1) is 28.2. The molecule has 1 saturated heterocycles. The molecular weight excluding hydrogens is 701 g/mol. The quantitative estimate of drug-likeness (QED) is 0.164. The van der Waals surface area contributed by atoms with Crippen molar-refractivity contribution in [1.29, 1.82) is 0 Å². The Bertz CT molecular complexity index is 3240. The van der Waals surface area contributed by atoms with Gasteiger partial charge in [-0.2, -0.15) is 0 Å². The van der Waals surface area contributed by atoms with Gasteiger partial charge in [-0.15, -0.1) is 0 Å². The normalized spacial score (nSPS) is 19.9. The molecule has 10 aromatic rings. The van der Waals surface area contributed by atoms with Crippen molar-refractivity contribution in [1.82, 2.24) is 20.5 Å². The lowest BCUT2D eigenvalue weighted by atomic mass is 9.98. The molecule has 0 saturated carbocycles. The molecule has 3 aromatic heterocycles. The van der Waals surface area contributed by atoms with Crippen LogP contribution in [0.4, 0.5) is 0 Å². The fourth-order valence-corrected chi connectivity index (χ4v) is 9.41. The molecular formula is C51H38N4O2. The number of hydrogen-bond donors (Lipinski definition) is 3. The zero-order chi connectivity index (χ0) is 37.5. The SMILES string of the molecule is C1=CCC(n2c3ccc(-c4cccc5c4oc4ccccc45)cc3c3cc(C4NC(c5ccccc5)NC(c5cccc6oc7ccccc7c56)N4)ccc32)C=C1. The van der Waals surface area contributed by atoms with Crippen molar-refractivity contribution in [2.45, 2.75) is 31.0 Å². The lowest BCUT2D eigenvalue weighted by Gasteiger charge is -2.40. The van der Waals surface area contributed by atoms with Gasteiger partial charge in [-0.05, 0) is 71.1 Å². The number of allylic oxidation sites excluding steroid dienone is 4. The molecule has 4 heterocycles. The highest BCUT2D eigenvalue weighted by Crippen LogP contribution is 2.42. The van der Waals surface area contributed by atoms with Gasteiger partial charge in [0.25, 0.3) is 0 Å². The Balaban J connectivity index is 1.02. The van der Waals surface area contributed by atoms with Crippen molar-refractivity contribution in [2.24, 2.45) is 0 Å². The third-order valence-electron chi connectivity index (χ3n) is 12.0. The van der Waals surface area contributed by atoms with Crippen LogP contribution in [0.2, 0.25) is 0 Å². The molecule has 57 heavy (non-hydrogen) atoms. The van der Waals surface area contributed by atoms with Crippen LogP contribution in [0.25, 0.3) is 76.8 Å². The molecule has 0 amide bonds. The maximum atomic E-state index is 6.52. The van der Waals surface area contributed by atoms with Crippen LogP contribution in [0, 0.1) is 0 Å². The summed E-state index contributed by atoms with van der Waals surface area (Å²) < 4.78 is 15.4. The van der Waals surface area contributed by atoms with Crippen LogP contribution in [0.3, 0.4) is 0 Å². The van der Waals surface area contributed by atoms with Gasteiger partial charge in [0.2, 0.25) is 0 Å². The number of para-hydroxylation sites is 3. The van der Waals surface area contributed by atoms with Crippen LogP contribution in [-0.2, 0) is 0 Å². The molecule has 274 valence electrons. The summed E-state index contributed by atoms with van der Waals surface area (Å²) in [5.74, 6) is 0. The van der Waals surface area contributed by atoms with Gasteiger partial charge in [0.05, 0.1) is 24.5 Å². The summed E-state index contributed by atoms with van der Waals surface area (Å²) in [6.07, 6.45) is 9.42. The van der Waals surface area contributed by atoms with Crippen LogP contribution < -0.4 is 16.0 Å². The van der Waals surface area contributed by atoms with Crippen LogP contribution >= 0.6 is 0 Å². The number of rotatable bonds is 5. The predicted octanol–water partition coefficient (Wildman–Crippen LogP) is 12.5. The molecule has 12 rings (SSSR count).